The van der Waals surface area contributed by atoms with Gasteiger partial charge >= 0.3 is 0 Å². The summed E-state index contributed by atoms with van der Waals surface area (Å²) in [4.78, 5) is 31.9. The molecule has 0 aliphatic carbocycles. The minimum Gasteiger partial charge on any atom is -0.388 e. The Bertz CT molecular complexity index is 166. The molecule has 0 aliphatic heterocycles. The molecule has 0 heterocycles. The Labute approximate surface area is 491 Å². The molecule has 0 rings (SSSR count). The zero-order valence-electron chi connectivity index (χ0n) is 39.6. The van der Waals surface area contributed by atoms with Crippen LogP contribution >= 0.6 is 213 Å². The molecule has 0 aromatic carbocycles. The molecule has 0 aliphatic rings. The van der Waals surface area contributed by atoms with Crippen LogP contribution in [0.25, 0.3) is 0 Å². The Kier molecular flexibility index (Phi) is 6140. The van der Waals surface area contributed by atoms with E-state index in [9.17, 15) is 0 Å². The largest absolute Gasteiger partial charge is 0.388 e. The first-order valence-corrected chi connectivity index (χ1v) is 33.7. The lowest BCUT2D eigenvalue weighted by Crippen LogP contribution is -1.55. The fraction of sp³-hybridized carbons (Fsp3) is 0.718. The number of rotatable bonds is 0. The number of halogens is 10. The number of methoxy groups -OCH3 is 4. The molecule has 0 N–H and O–H groups in total. The fourth-order valence-corrected chi connectivity index (χ4v) is 0. The highest BCUT2D eigenvalue weighted by Gasteiger charge is 1.33. The molecule has 0 bridgehead atoms. The molecular formula is C39H110Br4Cl2I4O7S3. The second kappa shape index (κ2) is 1840. The van der Waals surface area contributed by atoms with Gasteiger partial charge in [-0.15, -0.1) is 75.8 Å². The Morgan fingerprint density at radius 1 is 0.305 bits per heavy atom. The molecule has 59 heavy (non-hydrogen) atoms. The van der Waals surface area contributed by atoms with E-state index in [0.29, 0.717) is 0 Å². The monoisotopic (exact) mass is 1680 g/mol. The zero-order chi connectivity index (χ0) is 52.9. The van der Waals surface area contributed by atoms with Gasteiger partial charge in [0.05, 0.1) is 0 Å². The predicted molar refractivity (Wildman–Crippen MR) is 366 cm³/mol. The van der Waals surface area contributed by atoms with E-state index in [4.69, 9.17) is 14.4 Å². The van der Waals surface area contributed by atoms with Crippen molar-refractivity contribution >= 4 is 233 Å². The van der Waals surface area contributed by atoms with E-state index < -0.39 is 0 Å². The van der Waals surface area contributed by atoms with Crippen molar-refractivity contribution in [2.24, 2.45) is 0 Å². The van der Waals surface area contributed by atoms with Crippen molar-refractivity contribution < 1.29 is 33.3 Å². The molecule has 7 nitrogen and oxygen atoms in total. The lowest BCUT2D eigenvalue weighted by atomic mass is 11.3. The minimum absolute atomic E-state index is 0. The van der Waals surface area contributed by atoms with Gasteiger partial charge in [-0.05, 0) is 80.6 Å². The Hall–Kier alpha value is 4.28. The van der Waals surface area contributed by atoms with E-state index in [-0.39, 0.29) is 29.7 Å². The zero-order valence-corrected chi connectivity index (χ0v) is 58.6. The second-order valence-electron chi connectivity index (χ2n) is 2.86. The van der Waals surface area contributed by atoms with E-state index in [1.807, 2.05) is 101 Å². The lowest BCUT2D eigenvalue weighted by molar-refractivity contribution is -0.0987. The van der Waals surface area contributed by atoms with Crippen LogP contribution in [0.1, 0.15) is 29.7 Å². The molecule has 396 valence electrons. The van der Waals surface area contributed by atoms with Crippen LogP contribution in [0, 0.1) is 0 Å². The van der Waals surface area contributed by atoms with Crippen molar-refractivity contribution in [1.82, 2.24) is 0 Å². The third-order valence-corrected chi connectivity index (χ3v) is 0. The van der Waals surface area contributed by atoms with Gasteiger partial charge in [-0.25, -0.2) is 0 Å². The highest BCUT2D eigenvalue weighted by Crippen LogP contribution is 1.71. The summed E-state index contributed by atoms with van der Waals surface area (Å²) >= 11 is 34.9. The number of alkyl halides is 10. The molecule has 0 saturated heterocycles. The smallest absolute Gasteiger partial charge is 0.106 e. The minimum atomic E-state index is 0. The van der Waals surface area contributed by atoms with Crippen LogP contribution in [-0.4, -0.2) is 171 Å². The van der Waals surface area contributed by atoms with Crippen LogP contribution in [0.4, 0.5) is 0 Å². The Morgan fingerprint density at radius 2 is 0.305 bits per heavy atom. The maximum atomic E-state index is 8.00. The Balaban J connectivity index is -0.00000000654. The van der Waals surface area contributed by atoms with Gasteiger partial charge in [0.25, 0.3) is 0 Å². The summed E-state index contributed by atoms with van der Waals surface area (Å²) in [5.74, 6) is 7.25. The van der Waals surface area contributed by atoms with E-state index in [0.717, 1.165) is 0 Å². The maximum absolute atomic E-state index is 8.00. The highest BCUT2D eigenvalue weighted by atomic mass is 127. The van der Waals surface area contributed by atoms with Crippen LogP contribution in [0.3, 0.4) is 0 Å². The average molecular weight is 1690 g/mol. The second-order valence-corrected chi connectivity index (χ2v) is 5.31. The predicted octanol–water partition coefficient (Wildman–Crippen LogP) is 19.1. The molecule has 0 atom stereocenters. The number of carbonyl (C=O) groups is 3. The third kappa shape index (κ3) is 12400. The molecule has 0 saturated carbocycles. The van der Waals surface area contributed by atoms with Gasteiger partial charge in [0.1, 0.15) is 20.4 Å². The van der Waals surface area contributed by atoms with E-state index in [1.54, 1.807) is 92.2 Å². The molecule has 20 heteroatoms. The summed E-state index contributed by atoms with van der Waals surface area (Å²) in [7, 11) is 13.0. The molecule has 0 amide bonds. The normalized spacial score (nSPS) is 3.63. The summed E-state index contributed by atoms with van der Waals surface area (Å²) in [5, 5.41) is 0. The molecule has 0 aromatic rings. The van der Waals surface area contributed by atoms with E-state index in [1.165, 1.54) is 12.8 Å². The van der Waals surface area contributed by atoms with Gasteiger partial charge in [0, 0.05) is 69.6 Å². The molecule has 0 unspecified atom stereocenters. The number of thioether (sulfide) groups is 3. The van der Waals surface area contributed by atoms with Gasteiger partial charge in [0.2, 0.25) is 0 Å². The first-order valence-electron chi connectivity index (χ1n) is 12.4. The van der Waals surface area contributed by atoms with E-state index in [2.05, 4.69) is 249 Å². The molecule has 0 spiro atoms. The number of hydrogen-bond acceptors (Lipinski definition) is 10. The van der Waals surface area contributed by atoms with Gasteiger partial charge in [0.15, 0.2) is 0 Å². The number of hydrogen-bond donors (Lipinski definition) is 0. The summed E-state index contributed by atoms with van der Waals surface area (Å²) in [5.41, 5.74) is 0. The average Bonchev–Trinajstić information content (AvgIpc) is 3.32. The number of carbonyl (C=O) groups excluding carboxylic acids is 3. The first-order chi connectivity index (χ1) is 26.9. The number of ether oxygens (including phenoxy) is 4. The summed E-state index contributed by atoms with van der Waals surface area (Å²) < 4.78 is 17.0. The van der Waals surface area contributed by atoms with Gasteiger partial charge in [-0.1, -0.05) is 184 Å². The standard InChI is InChI=1S/4C2H6O.3C2H6S.4C2H4.4CH3Br.2CH3Cl.4CH3I.3CH2O.4CH4/c7*1-3-2;17*1-2;;;;/h7*1-2H3;4*1-2H2;10*1H3;3*1H2;4*1H4. The van der Waals surface area contributed by atoms with Crippen molar-refractivity contribution in [3.63, 3.8) is 0 Å². The van der Waals surface area contributed by atoms with Crippen LogP contribution in [0.2, 0.25) is 0 Å². The highest BCUT2D eigenvalue weighted by molar-refractivity contribution is 14.1. The van der Waals surface area contributed by atoms with Gasteiger partial charge in [-0.2, -0.15) is 35.3 Å². The van der Waals surface area contributed by atoms with Gasteiger partial charge < -0.3 is 33.3 Å². The molecule has 0 aromatic heterocycles. The quantitative estimate of drug-likeness (QED) is 0.133. The van der Waals surface area contributed by atoms with Crippen LogP contribution in [0.15, 0.2) is 52.6 Å². The fourth-order valence-electron chi connectivity index (χ4n) is 0. The summed E-state index contributed by atoms with van der Waals surface area (Å²) in [6.45, 7) is 30.0. The van der Waals surface area contributed by atoms with Crippen molar-refractivity contribution in [2.75, 3.05) is 150 Å². The summed E-state index contributed by atoms with van der Waals surface area (Å²) in [6, 6.07) is 0. The molecule has 0 fully saturated rings. The Morgan fingerprint density at radius 3 is 0.305 bits per heavy atom. The van der Waals surface area contributed by atoms with Crippen molar-refractivity contribution in [2.45, 2.75) is 29.7 Å². The van der Waals surface area contributed by atoms with Crippen LogP contribution in [-0.2, 0) is 33.3 Å². The topological polar surface area (TPSA) is 88.1 Å². The van der Waals surface area contributed by atoms with Crippen LogP contribution in [0.5, 0.6) is 0 Å². The third-order valence-electron chi connectivity index (χ3n) is 0. The molecular weight excluding hydrogens is 1570 g/mol. The van der Waals surface area contributed by atoms with Gasteiger partial charge in [-0.3, -0.25) is 0 Å². The molecule has 0 radical (unpaired) electrons. The maximum Gasteiger partial charge on any atom is 0.106 e. The lowest BCUT2D eigenvalue weighted by Gasteiger charge is -1.61. The first kappa shape index (κ1) is 197. The SMILES string of the molecule is C.C.C.C.C=C.C=C.C=C.C=C.C=O.C=O.C=O.CBr.CBr.CBr.CBr.CCl.CCl.CI.CI.CI.CI.COC.COC.COC.COC.CSC.CSC.CSC. The van der Waals surface area contributed by atoms with Crippen molar-refractivity contribution in [1.29, 1.82) is 0 Å². The van der Waals surface area contributed by atoms with Crippen molar-refractivity contribution in [3.05, 3.63) is 52.6 Å². The summed E-state index contributed by atoms with van der Waals surface area (Å²) in [6.07, 6.45) is 15.2. The van der Waals surface area contributed by atoms with Crippen molar-refractivity contribution in [3.8, 4) is 0 Å². The van der Waals surface area contributed by atoms with Crippen LogP contribution < -0.4 is 0 Å². The van der Waals surface area contributed by atoms with E-state index >= 15 is 0 Å².